The van der Waals surface area contributed by atoms with Crippen LogP contribution in [0.1, 0.15) is 12.2 Å². The molecule has 146 valence electrons. The lowest BCUT2D eigenvalue weighted by Crippen LogP contribution is -2.45. The van der Waals surface area contributed by atoms with Gasteiger partial charge in [-0.15, -0.1) is 10.2 Å². The molecule has 1 aliphatic heterocycles. The number of nitrogens with one attached hydrogen (secondary N) is 2. The molecule has 2 aromatic heterocycles. The van der Waals surface area contributed by atoms with Gasteiger partial charge < -0.3 is 20.1 Å². The summed E-state index contributed by atoms with van der Waals surface area (Å²) in [6.07, 6.45) is 3.69. The lowest BCUT2D eigenvalue weighted by atomic mass is 10.2. The molecular formula is C20H24N6O2. The highest BCUT2D eigenvalue weighted by molar-refractivity contribution is 5.79. The van der Waals surface area contributed by atoms with Crippen LogP contribution in [0.5, 0.6) is 11.5 Å². The van der Waals surface area contributed by atoms with E-state index in [4.69, 9.17) is 9.47 Å². The van der Waals surface area contributed by atoms with E-state index in [0.717, 1.165) is 48.3 Å². The Labute approximate surface area is 163 Å². The van der Waals surface area contributed by atoms with Crippen LogP contribution in [0.15, 0.2) is 53.7 Å². The number of para-hydroxylation sites is 2. The molecule has 0 saturated carbocycles. The topological polar surface area (TPSA) is 85.1 Å². The van der Waals surface area contributed by atoms with E-state index < -0.39 is 0 Å². The van der Waals surface area contributed by atoms with E-state index in [9.17, 15) is 0 Å². The highest BCUT2D eigenvalue weighted by Crippen LogP contribution is 2.30. The molecule has 8 nitrogen and oxygen atoms in total. The quantitative estimate of drug-likeness (QED) is 0.384. The van der Waals surface area contributed by atoms with Crippen molar-refractivity contribution in [3.8, 4) is 11.5 Å². The Morgan fingerprint density at radius 2 is 2.00 bits per heavy atom. The number of pyridine rings is 1. The molecular weight excluding hydrogens is 356 g/mol. The molecule has 1 aliphatic rings. The third-order valence-corrected chi connectivity index (χ3v) is 4.54. The van der Waals surface area contributed by atoms with E-state index in [1.165, 1.54) is 0 Å². The minimum absolute atomic E-state index is 0.0594. The summed E-state index contributed by atoms with van der Waals surface area (Å²) in [7, 11) is 1.76. The van der Waals surface area contributed by atoms with Gasteiger partial charge in [0.2, 0.25) is 0 Å². The van der Waals surface area contributed by atoms with Crippen molar-refractivity contribution < 1.29 is 9.47 Å². The Hall–Kier alpha value is -3.29. The second kappa shape index (κ2) is 8.60. The third-order valence-electron chi connectivity index (χ3n) is 4.54. The lowest BCUT2D eigenvalue weighted by Gasteiger charge is -2.27. The number of ether oxygens (including phenoxy) is 2. The first kappa shape index (κ1) is 18.1. The van der Waals surface area contributed by atoms with Gasteiger partial charge in [0, 0.05) is 26.2 Å². The molecule has 3 heterocycles. The Bertz CT molecular complexity index is 955. The first-order chi connectivity index (χ1) is 13.8. The Morgan fingerprint density at radius 1 is 1.14 bits per heavy atom. The summed E-state index contributed by atoms with van der Waals surface area (Å²) in [4.78, 5) is 4.27. The zero-order valence-corrected chi connectivity index (χ0v) is 15.8. The number of rotatable bonds is 6. The molecule has 0 aliphatic carbocycles. The van der Waals surface area contributed by atoms with Gasteiger partial charge in [0.1, 0.15) is 18.5 Å². The van der Waals surface area contributed by atoms with E-state index >= 15 is 0 Å². The molecule has 1 atom stereocenters. The molecule has 3 aromatic rings. The van der Waals surface area contributed by atoms with Crippen molar-refractivity contribution in [2.24, 2.45) is 4.99 Å². The summed E-state index contributed by atoms with van der Waals surface area (Å²) < 4.78 is 13.7. The summed E-state index contributed by atoms with van der Waals surface area (Å²) in [5.41, 5.74) is 0.874. The molecule has 2 N–H and O–H groups in total. The molecule has 28 heavy (non-hydrogen) atoms. The molecule has 4 rings (SSSR count). The van der Waals surface area contributed by atoms with Crippen LogP contribution in [0.4, 0.5) is 0 Å². The predicted octanol–water partition coefficient (Wildman–Crippen LogP) is 1.67. The maximum Gasteiger partial charge on any atom is 0.191 e. The van der Waals surface area contributed by atoms with Crippen LogP contribution in [0.3, 0.4) is 0 Å². The number of fused-ring (bicyclic) bond motifs is 2. The first-order valence-corrected chi connectivity index (χ1v) is 9.45. The van der Waals surface area contributed by atoms with Gasteiger partial charge in [0.15, 0.2) is 23.1 Å². The number of benzene rings is 1. The van der Waals surface area contributed by atoms with Crippen LogP contribution in [0.2, 0.25) is 0 Å². The Morgan fingerprint density at radius 3 is 2.89 bits per heavy atom. The second-order valence-corrected chi connectivity index (χ2v) is 6.53. The highest BCUT2D eigenvalue weighted by atomic mass is 16.6. The smallest absolute Gasteiger partial charge is 0.191 e. The van der Waals surface area contributed by atoms with Crippen LogP contribution in [-0.2, 0) is 6.42 Å². The number of hydrogen-bond donors (Lipinski definition) is 2. The maximum absolute atomic E-state index is 5.95. The van der Waals surface area contributed by atoms with Crippen LogP contribution in [0.25, 0.3) is 5.65 Å². The fraction of sp³-hybridized carbons (Fsp3) is 0.350. The van der Waals surface area contributed by atoms with Gasteiger partial charge in [-0.2, -0.15) is 0 Å². The van der Waals surface area contributed by atoms with Gasteiger partial charge in [-0.05, 0) is 30.7 Å². The van der Waals surface area contributed by atoms with Gasteiger partial charge >= 0.3 is 0 Å². The van der Waals surface area contributed by atoms with Gasteiger partial charge in [-0.3, -0.25) is 9.39 Å². The Balaban J connectivity index is 1.20. The van der Waals surface area contributed by atoms with Crippen molar-refractivity contribution in [1.29, 1.82) is 0 Å². The third kappa shape index (κ3) is 4.16. The normalized spacial score (nSPS) is 16.2. The monoisotopic (exact) mass is 380 g/mol. The molecule has 0 saturated heterocycles. The zero-order valence-electron chi connectivity index (χ0n) is 15.8. The standard InChI is InChI=1S/C20H24N6O2/c1-21-20(23-13-15-14-27-16-7-2-3-8-17(16)28-15)22-11-6-10-19-25-24-18-9-4-5-12-26(18)19/h2-5,7-9,12,15H,6,10-11,13-14H2,1H3,(H2,21,22,23). The molecule has 0 spiro atoms. The SMILES string of the molecule is CN=C(NCCCc1nnc2ccccn12)NCC1COc2ccccc2O1. The van der Waals surface area contributed by atoms with Crippen molar-refractivity contribution in [2.45, 2.75) is 18.9 Å². The molecule has 0 fully saturated rings. The lowest BCUT2D eigenvalue weighted by molar-refractivity contribution is 0.0936. The van der Waals surface area contributed by atoms with Gasteiger partial charge in [-0.1, -0.05) is 18.2 Å². The van der Waals surface area contributed by atoms with E-state index in [-0.39, 0.29) is 6.10 Å². The van der Waals surface area contributed by atoms with E-state index in [1.54, 1.807) is 7.05 Å². The zero-order chi connectivity index (χ0) is 19.2. The summed E-state index contributed by atoms with van der Waals surface area (Å²) in [6, 6.07) is 13.6. The number of aryl methyl sites for hydroxylation is 1. The summed E-state index contributed by atoms with van der Waals surface area (Å²) in [5.74, 6) is 3.28. The molecule has 8 heteroatoms. The van der Waals surface area contributed by atoms with Gasteiger partial charge in [0.05, 0.1) is 6.54 Å². The van der Waals surface area contributed by atoms with Crippen LogP contribution in [-0.4, -0.2) is 53.4 Å². The van der Waals surface area contributed by atoms with Crippen molar-refractivity contribution >= 4 is 11.6 Å². The Kier molecular flexibility index (Phi) is 5.56. The van der Waals surface area contributed by atoms with Crippen molar-refractivity contribution in [3.05, 3.63) is 54.5 Å². The van der Waals surface area contributed by atoms with Crippen molar-refractivity contribution in [1.82, 2.24) is 25.2 Å². The molecule has 0 bridgehead atoms. The average molecular weight is 380 g/mol. The highest BCUT2D eigenvalue weighted by Gasteiger charge is 2.20. The fourth-order valence-electron chi connectivity index (χ4n) is 3.11. The van der Waals surface area contributed by atoms with E-state index in [0.29, 0.717) is 13.2 Å². The molecule has 0 amide bonds. The van der Waals surface area contributed by atoms with Gasteiger partial charge in [0.25, 0.3) is 0 Å². The van der Waals surface area contributed by atoms with Crippen molar-refractivity contribution in [3.63, 3.8) is 0 Å². The predicted molar refractivity (Wildman–Crippen MR) is 107 cm³/mol. The van der Waals surface area contributed by atoms with Crippen molar-refractivity contribution in [2.75, 3.05) is 26.7 Å². The van der Waals surface area contributed by atoms with Crippen LogP contribution < -0.4 is 20.1 Å². The minimum atomic E-state index is -0.0594. The molecule has 0 radical (unpaired) electrons. The van der Waals surface area contributed by atoms with Crippen LogP contribution >= 0.6 is 0 Å². The minimum Gasteiger partial charge on any atom is -0.486 e. The van der Waals surface area contributed by atoms with E-state index in [2.05, 4.69) is 25.8 Å². The first-order valence-electron chi connectivity index (χ1n) is 9.45. The van der Waals surface area contributed by atoms with Crippen LogP contribution in [0, 0.1) is 0 Å². The van der Waals surface area contributed by atoms with E-state index in [1.807, 2.05) is 53.1 Å². The molecule has 1 aromatic carbocycles. The average Bonchev–Trinajstić information content (AvgIpc) is 3.16. The fourth-order valence-corrected chi connectivity index (χ4v) is 3.11. The second-order valence-electron chi connectivity index (χ2n) is 6.53. The number of nitrogens with zero attached hydrogens (tertiary/aromatic N) is 4. The molecule has 1 unspecified atom stereocenters. The largest absolute Gasteiger partial charge is 0.486 e. The summed E-state index contributed by atoms with van der Waals surface area (Å²) >= 11 is 0. The number of aliphatic imine (C=N–C) groups is 1. The number of guanidine groups is 1. The summed E-state index contributed by atoms with van der Waals surface area (Å²) in [5, 5.41) is 15.1. The number of aromatic nitrogens is 3. The van der Waals surface area contributed by atoms with Gasteiger partial charge in [-0.25, -0.2) is 0 Å². The maximum atomic E-state index is 5.95. The summed E-state index contributed by atoms with van der Waals surface area (Å²) in [6.45, 7) is 1.91. The number of hydrogen-bond acceptors (Lipinski definition) is 5.